The van der Waals surface area contributed by atoms with Crippen LogP contribution in [-0.4, -0.2) is 20.0 Å². The van der Waals surface area contributed by atoms with E-state index in [0.717, 1.165) is 0 Å². The maximum Gasteiger partial charge on any atom is 0.416 e. The number of primary amides is 1. The number of nitrogens with one attached hydrogen (secondary N) is 1. The van der Waals surface area contributed by atoms with E-state index in [0.29, 0.717) is 18.1 Å². The van der Waals surface area contributed by atoms with Crippen molar-refractivity contribution in [1.82, 2.24) is 5.32 Å². The summed E-state index contributed by atoms with van der Waals surface area (Å²) < 4.78 is 86.5. The first-order chi connectivity index (χ1) is 18.1. The fourth-order valence-electron chi connectivity index (χ4n) is 3.36. The zero-order chi connectivity index (χ0) is 30.6. The molecule has 0 heterocycles. The summed E-state index contributed by atoms with van der Waals surface area (Å²) >= 11 is 0. The van der Waals surface area contributed by atoms with E-state index >= 15 is 0 Å². The van der Waals surface area contributed by atoms with E-state index < -0.39 is 35.6 Å². The van der Waals surface area contributed by atoms with Gasteiger partial charge in [-0.25, -0.2) is 4.39 Å². The van der Waals surface area contributed by atoms with E-state index in [-0.39, 0.29) is 17.8 Å². The highest BCUT2D eigenvalue weighted by Gasteiger charge is 2.36. The minimum Gasteiger partial charge on any atom is -0.370 e. The molecule has 3 rings (SSSR count). The number of hydrogen-bond acceptors (Lipinski definition) is 4. The molecule has 0 unspecified atom stereocenters. The lowest BCUT2D eigenvalue weighted by molar-refractivity contribution is -0.143. The van der Waals surface area contributed by atoms with Crippen LogP contribution in [0, 0.1) is 10.7 Å². The molecule has 222 valence electrons. The van der Waals surface area contributed by atoms with Crippen molar-refractivity contribution in [1.29, 1.82) is 0 Å². The molecule has 0 aromatic heterocycles. The first-order valence-corrected chi connectivity index (χ1v) is 12.3. The predicted octanol–water partition coefficient (Wildman–Crippen LogP) is 8.22. The highest BCUT2D eigenvalue weighted by Crippen LogP contribution is 2.36. The summed E-state index contributed by atoms with van der Waals surface area (Å²) in [4.78, 5) is 19.1. The number of benzene rings is 2. The van der Waals surface area contributed by atoms with Gasteiger partial charge in [-0.05, 0) is 74.3 Å². The summed E-state index contributed by atoms with van der Waals surface area (Å²) in [5.74, 6) is 0.230. The van der Waals surface area contributed by atoms with Crippen LogP contribution in [0.1, 0.15) is 81.0 Å². The second kappa shape index (κ2) is 20.0. The van der Waals surface area contributed by atoms with Crippen molar-refractivity contribution >= 4 is 5.91 Å². The Morgan fingerprint density at radius 2 is 1.28 bits per heavy atom. The van der Waals surface area contributed by atoms with Crippen molar-refractivity contribution in [2.75, 3.05) is 14.1 Å². The molecule has 0 radical (unpaired) electrons. The van der Waals surface area contributed by atoms with Gasteiger partial charge in [0.05, 0.1) is 11.1 Å². The Morgan fingerprint density at radius 1 is 0.897 bits per heavy atom. The zero-order valence-corrected chi connectivity index (χ0v) is 22.8. The van der Waals surface area contributed by atoms with Crippen LogP contribution in [0.5, 0.6) is 0 Å². The second-order valence-electron chi connectivity index (χ2n) is 8.20. The van der Waals surface area contributed by atoms with E-state index in [4.69, 9.17) is 0 Å². The standard InChI is InChI=1S/C12H15F.C9H5F6NO.C2H5NO.C2H7N.C2H6/c13-12-8-6-11(7-9-12)10-4-2-1-3-5-10;10-8(11,12)6-1-5(4-16-17)2-7(3-6)9(13,14)15;1-2(3)4;1-3-2;1-2/h6-10H,1-5H2;1-3H,4H2;1H3,(H2,3,4);3H,1-2H3;1-2H3. The molecule has 1 saturated carbocycles. The van der Waals surface area contributed by atoms with Crippen molar-refractivity contribution < 1.29 is 35.5 Å². The number of halogens is 7. The number of alkyl halides is 6. The molecule has 1 amide bonds. The Morgan fingerprint density at radius 3 is 1.62 bits per heavy atom. The molecule has 2 aromatic carbocycles. The van der Waals surface area contributed by atoms with Crippen LogP contribution in [0.2, 0.25) is 0 Å². The maximum absolute atomic E-state index is 12.7. The third kappa shape index (κ3) is 18.0. The van der Waals surface area contributed by atoms with Gasteiger partial charge in [-0.3, -0.25) is 4.79 Å². The molecule has 0 saturated heterocycles. The van der Waals surface area contributed by atoms with Gasteiger partial charge in [0.1, 0.15) is 12.4 Å². The minimum atomic E-state index is -4.90. The lowest BCUT2D eigenvalue weighted by Crippen LogP contribution is -2.11. The zero-order valence-electron chi connectivity index (χ0n) is 22.8. The molecule has 1 aliphatic rings. The molecule has 39 heavy (non-hydrogen) atoms. The molecule has 3 N–H and O–H groups in total. The SMILES string of the molecule is CC.CC(N)=O.CNC.Fc1ccc(C2CCCCC2)cc1.O=NCc1cc(C(F)(F)F)cc(C(F)(F)F)c1. The number of amides is 1. The topological polar surface area (TPSA) is 84.5 Å². The largest absolute Gasteiger partial charge is 0.416 e. The number of nitrogens with two attached hydrogens (primary N) is 1. The number of nitroso groups, excluding NO2 is 1. The fourth-order valence-corrected chi connectivity index (χ4v) is 3.36. The van der Waals surface area contributed by atoms with Gasteiger partial charge in [0.25, 0.3) is 0 Å². The third-order valence-electron chi connectivity index (χ3n) is 4.84. The predicted molar refractivity (Wildman–Crippen MR) is 139 cm³/mol. The molecular formula is C27H38F7N3O2. The number of carbonyl (C=O) groups excluding carboxylic acids is 1. The van der Waals surface area contributed by atoms with Crippen molar-refractivity contribution in [3.63, 3.8) is 0 Å². The molecule has 0 atom stereocenters. The average molecular weight is 570 g/mol. The monoisotopic (exact) mass is 569 g/mol. The van der Waals surface area contributed by atoms with Gasteiger partial charge in [-0.1, -0.05) is 50.4 Å². The Bertz CT molecular complexity index is 906. The summed E-state index contributed by atoms with van der Waals surface area (Å²) in [6.45, 7) is 4.56. The van der Waals surface area contributed by atoms with Crippen molar-refractivity contribution in [2.45, 2.75) is 77.7 Å². The molecule has 2 aromatic rings. The van der Waals surface area contributed by atoms with Gasteiger partial charge in [0.15, 0.2) is 0 Å². The highest BCUT2D eigenvalue weighted by atomic mass is 19.4. The van der Waals surface area contributed by atoms with E-state index in [1.807, 2.05) is 40.1 Å². The molecule has 0 spiro atoms. The van der Waals surface area contributed by atoms with Crippen LogP contribution in [0.25, 0.3) is 0 Å². The molecule has 0 aliphatic heterocycles. The van der Waals surface area contributed by atoms with Crippen molar-refractivity contribution in [3.8, 4) is 0 Å². The first-order valence-electron chi connectivity index (χ1n) is 12.3. The summed E-state index contributed by atoms with van der Waals surface area (Å²) in [6.07, 6.45) is -3.20. The molecular weight excluding hydrogens is 531 g/mol. The number of carbonyl (C=O) groups is 1. The number of hydrogen-bond donors (Lipinski definition) is 2. The number of nitrogens with zero attached hydrogens (tertiary/aromatic N) is 1. The Hall–Kier alpha value is -3.02. The van der Waals surface area contributed by atoms with Gasteiger partial charge >= 0.3 is 12.4 Å². The van der Waals surface area contributed by atoms with Crippen LogP contribution in [-0.2, 0) is 23.7 Å². The van der Waals surface area contributed by atoms with Crippen LogP contribution < -0.4 is 11.1 Å². The quantitative estimate of drug-likeness (QED) is 0.289. The lowest BCUT2D eigenvalue weighted by atomic mass is 9.84. The second-order valence-corrected chi connectivity index (χ2v) is 8.20. The van der Waals surface area contributed by atoms with E-state index in [9.17, 15) is 40.4 Å². The van der Waals surface area contributed by atoms with E-state index in [1.165, 1.54) is 44.6 Å². The lowest BCUT2D eigenvalue weighted by Gasteiger charge is -2.21. The third-order valence-corrected chi connectivity index (χ3v) is 4.84. The van der Waals surface area contributed by atoms with Crippen molar-refractivity contribution in [2.24, 2.45) is 10.9 Å². The van der Waals surface area contributed by atoms with Gasteiger partial charge in [0, 0.05) is 6.92 Å². The number of rotatable bonds is 3. The summed E-state index contributed by atoms with van der Waals surface area (Å²) in [5.41, 5.74) is 2.46. The maximum atomic E-state index is 12.7. The van der Waals surface area contributed by atoms with Crippen LogP contribution >= 0.6 is 0 Å². The summed E-state index contributed by atoms with van der Waals surface area (Å²) in [5, 5.41) is 5.02. The van der Waals surface area contributed by atoms with E-state index in [2.05, 4.69) is 16.2 Å². The van der Waals surface area contributed by atoms with Gasteiger partial charge in [-0.2, -0.15) is 31.2 Å². The highest BCUT2D eigenvalue weighted by molar-refractivity contribution is 5.70. The molecule has 5 nitrogen and oxygen atoms in total. The first kappa shape index (κ1) is 38.1. The molecule has 0 bridgehead atoms. The minimum absolute atomic E-state index is 0.00565. The molecule has 1 aliphatic carbocycles. The average Bonchev–Trinajstić information content (AvgIpc) is 2.86. The smallest absolute Gasteiger partial charge is 0.370 e. The van der Waals surface area contributed by atoms with E-state index in [1.54, 1.807) is 12.1 Å². The van der Waals surface area contributed by atoms with Crippen LogP contribution in [0.3, 0.4) is 0 Å². The van der Waals surface area contributed by atoms with Crippen molar-refractivity contribution in [3.05, 3.63) is 75.4 Å². The van der Waals surface area contributed by atoms with Gasteiger partial charge in [0.2, 0.25) is 5.91 Å². The van der Waals surface area contributed by atoms with Gasteiger partial charge < -0.3 is 11.1 Å². The Labute approximate surface area is 225 Å². The van der Waals surface area contributed by atoms with Crippen LogP contribution in [0.15, 0.2) is 47.6 Å². The molecule has 1 fully saturated rings. The molecule has 12 heteroatoms. The van der Waals surface area contributed by atoms with Crippen LogP contribution in [0.4, 0.5) is 30.7 Å². The fraction of sp³-hybridized carbons (Fsp3) is 0.519. The summed E-state index contributed by atoms with van der Waals surface area (Å²) in [6, 6.07) is 7.95. The Kier molecular flexibility index (Phi) is 19.5. The summed E-state index contributed by atoms with van der Waals surface area (Å²) in [7, 11) is 3.75. The van der Waals surface area contributed by atoms with Gasteiger partial charge in [-0.15, -0.1) is 0 Å². The Balaban J connectivity index is 0. The normalized spacial score (nSPS) is 13.0.